The maximum absolute atomic E-state index is 5.70. The van der Waals surface area contributed by atoms with Crippen LogP contribution in [0.1, 0.15) is 32.3 Å². The third-order valence-corrected chi connectivity index (χ3v) is 2.63. The van der Waals surface area contributed by atoms with Crippen molar-refractivity contribution in [3.05, 3.63) is 29.8 Å². The second-order valence-corrected chi connectivity index (χ2v) is 4.99. The van der Waals surface area contributed by atoms with E-state index in [2.05, 4.69) is 43.4 Å². The first kappa shape index (κ1) is 11.5. The highest BCUT2D eigenvalue weighted by Crippen LogP contribution is 2.26. The number of benzene rings is 1. The summed E-state index contributed by atoms with van der Waals surface area (Å²) in [5.74, 6) is 1.72. The fraction of sp³-hybridized carbons (Fsp3) is 0.571. The molecule has 88 valence electrons. The molecule has 1 aliphatic carbocycles. The van der Waals surface area contributed by atoms with Gasteiger partial charge in [0.2, 0.25) is 0 Å². The largest absolute Gasteiger partial charge is 0.490 e. The van der Waals surface area contributed by atoms with Crippen molar-refractivity contribution in [1.82, 2.24) is 5.32 Å². The first-order valence-electron chi connectivity index (χ1n) is 6.20. The molecule has 0 atom stereocenters. The second-order valence-electron chi connectivity index (χ2n) is 4.99. The van der Waals surface area contributed by atoms with Gasteiger partial charge in [-0.2, -0.15) is 0 Å². The van der Waals surface area contributed by atoms with Gasteiger partial charge in [0.15, 0.2) is 0 Å². The third-order valence-electron chi connectivity index (χ3n) is 2.63. The van der Waals surface area contributed by atoms with E-state index in [9.17, 15) is 0 Å². The average molecular weight is 219 g/mol. The van der Waals surface area contributed by atoms with E-state index in [0.717, 1.165) is 18.8 Å². The molecule has 1 aromatic rings. The van der Waals surface area contributed by atoms with Crippen LogP contribution in [0.15, 0.2) is 24.3 Å². The molecule has 0 bridgehead atoms. The zero-order chi connectivity index (χ0) is 11.4. The van der Waals surface area contributed by atoms with E-state index in [1.165, 1.54) is 18.4 Å². The Labute approximate surface area is 98.0 Å². The molecule has 1 N–H and O–H groups in total. The van der Waals surface area contributed by atoms with Gasteiger partial charge in [0.05, 0.1) is 6.10 Å². The molecule has 2 heteroatoms. The molecule has 16 heavy (non-hydrogen) atoms. The molecule has 0 saturated heterocycles. The van der Waals surface area contributed by atoms with Gasteiger partial charge in [-0.15, -0.1) is 0 Å². The Balaban J connectivity index is 1.77. The standard InChI is InChI=1S/C14H21NO/c1-11(2)9-15-10-12-3-5-13(6-4-12)16-14-7-8-14/h3-6,11,14-15H,7-10H2,1-2H3. The lowest BCUT2D eigenvalue weighted by Crippen LogP contribution is -2.18. The van der Waals surface area contributed by atoms with Crippen LogP contribution in [0.5, 0.6) is 5.75 Å². The Hall–Kier alpha value is -1.02. The molecule has 2 rings (SSSR count). The molecule has 0 amide bonds. The van der Waals surface area contributed by atoms with E-state index >= 15 is 0 Å². The molecule has 1 fully saturated rings. The lowest BCUT2D eigenvalue weighted by atomic mass is 10.2. The van der Waals surface area contributed by atoms with Crippen LogP contribution >= 0.6 is 0 Å². The van der Waals surface area contributed by atoms with Crippen LogP contribution in [0, 0.1) is 5.92 Å². The van der Waals surface area contributed by atoms with Crippen molar-refractivity contribution in [2.24, 2.45) is 5.92 Å². The fourth-order valence-electron chi connectivity index (χ4n) is 1.57. The molecule has 0 radical (unpaired) electrons. The maximum Gasteiger partial charge on any atom is 0.119 e. The van der Waals surface area contributed by atoms with Crippen LogP contribution in [0.4, 0.5) is 0 Å². The van der Waals surface area contributed by atoms with Crippen molar-refractivity contribution >= 4 is 0 Å². The molecule has 1 saturated carbocycles. The zero-order valence-corrected chi connectivity index (χ0v) is 10.2. The van der Waals surface area contributed by atoms with E-state index < -0.39 is 0 Å². The predicted octanol–water partition coefficient (Wildman–Crippen LogP) is 2.97. The summed E-state index contributed by atoms with van der Waals surface area (Å²) in [4.78, 5) is 0. The summed E-state index contributed by atoms with van der Waals surface area (Å²) in [5.41, 5.74) is 1.32. The van der Waals surface area contributed by atoms with Gasteiger partial charge in [0, 0.05) is 6.54 Å². The molecule has 0 spiro atoms. The SMILES string of the molecule is CC(C)CNCc1ccc(OC2CC2)cc1. The van der Waals surface area contributed by atoms with E-state index in [0.29, 0.717) is 12.0 Å². The first-order chi connectivity index (χ1) is 7.74. The number of rotatable bonds is 6. The van der Waals surface area contributed by atoms with Crippen LogP contribution in [0.25, 0.3) is 0 Å². The topological polar surface area (TPSA) is 21.3 Å². The van der Waals surface area contributed by atoms with Crippen LogP contribution in [0.3, 0.4) is 0 Å². The molecule has 0 aromatic heterocycles. The Morgan fingerprint density at radius 2 is 1.94 bits per heavy atom. The van der Waals surface area contributed by atoms with Gasteiger partial charge in [-0.1, -0.05) is 26.0 Å². The Morgan fingerprint density at radius 1 is 1.25 bits per heavy atom. The minimum Gasteiger partial charge on any atom is -0.490 e. The third kappa shape index (κ3) is 3.86. The highest BCUT2D eigenvalue weighted by atomic mass is 16.5. The summed E-state index contributed by atoms with van der Waals surface area (Å²) < 4.78 is 5.70. The van der Waals surface area contributed by atoms with Gasteiger partial charge in [0.25, 0.3) is 0 Å². The van der Waals surface area contributed by atoms with Crippen LogP contribution in [0.2, 0.25) is 0 Å². The summed E-state index contributed by atoms with van der Waals surface area (Å²) in [5, 5.41) is 3.43. The highest BCUT2D eigenvalue weighted by molar-refractivity contribution is 5.27. The maximum atomic E-state index is 5.70. The Bertz CT molecular complexity index is 314. The number of ether oxygens (including phenoxy) is 1. The minimum atomic E-state index is 0.491. The zero-order valence-electron chi connectivity index (χ0n) is 10.2. The van der Waals surface area contributed by atoms with Crippen molar-refractivity contribution in [2.75, 3.05) is 6.54 Å². The molecule has 0 unspecified atom stereocenters. The van der Waals surface area contributed by atoms with Crippen molar-refractivity contribution in [2.45, 2.75) is 39.3 Å². The molecular weight excluding hydrogens is 198 g/mol. The van der Waals surface area contributed by atoms with Crippen LogP contribution < -0.4 is 10.1 Å². The fourth-order valence-corrected chi connectivity index (χ4v) is 1.57. The average Bonchev–Trinajstić information content (AvgIpc) is 3.04. The second kappa shape index (κ2) is 5.35. The molecule has 1 aliphatic rings. The van der Waals surface area contributed by atoms with Crippen molar-refractivity contribution in [3.8, 4) is 5.75 Å². The van der Waals surface area contributed by atoms with E-state index in [4.69, 9.17) is 4.74 Å². The van der Waals surface area contributed by atoms with E-state index in [1.54, 1.807) is 0 Å². The summed E-state index contributed by atoms with van der Waals surface area (Å²) >= 11 is 0. The summed E-state index contributed by atoms with van der Waals surface area (Å²) in [7, 11) is 0. The minimum absolute atomic E-state index is 0.491. The monoisotopic (exact) mass is 219 g/mol. The van der Waals surface area contributed by atoms with Gasteiger partial charge < -0.3 is 10.1 Å². The number of hydrogen-bond donors (Lipinski definition) is 1. The summed E-state index contributed by atoms with van der Waals surface area (Å²) in [6.45, 7) is 6.46. The highest BCUT2D eigenvalue weighted by Gasteiger charge is 2.23. The lowest BCUT2D eigenvalue weighted by Gasteiger charge is -2.08. The van der Waals surface area contributed by atoms with Gasteiger partial charge in [-0.05, 0) is 43.0 Å². The van der Waals surface area contributed by atoms with E-state index in [-0.39, 0.29) is 0 Å². The molecule has 1 aromatic carbocycles. The summed E-state index contributed by atoms with van der Waals surface area (Å²) in [6.07, 6.45) is 2.93. The summed E-state index contributed by atoms with van der Waals surface area (Å²) in [6, 6.07) is 8.44. The Morgan fingerprint density at radius 3 is 2.50 bits per heavy atom. The normalized spacial score (nSPS) is 15.4. The lowest BCUT2D eigenvalue weighted by molar-refractivity contribution is 0.303. The van der Waals surface area contributed by atoms with Crippen molar-refractivity contribution in [1.29, 1.82) is 0 Å². The number of nitrogens with one attached hydrogen (secondary N) is 1. The quantitative estimate of drug-likeness (QED) is 0.794. The van der Waals surface area contributed by atoms with E-state index in [1.807, 2.05) is 0 Å². The predicted molar refractivity (Wildman–Crippen MR) is 66.6 cm³/mol. The Kier molecular flexibility index (Phi) is 3.83. The molecule has 0 aliphatic heterocycles. The van der Waals surface area contributed by atoms with Gasteiger partial charge in [-0.3, -0.25) is 0 Å². The van der Waals surface area contributed by atoms with Crippen LogP contribution in [-0.4, -0.2) is 12.6 Å². The van der Waals surface area contributed by atoms with Crippen molar-refractivity contribution in [3.63, 3.8) is 0 Å². The number of hydrogen-bond acceptors (Lipinski definition) is 2. The molecule has 0 heterocycles. The molecular formula is C14H21NO. The van der Waals surface area contributed by atoms with Gasteiger partial charge >= 0.3 is 0 Å². The van der Waals surface area contributed by atoms with Gasteiger partial charge in [-0.25, -0.2) is 0 Å². The molecule has 2 nitrogen and oxygen atoms in total. The van der Waals surface area contributed by atoms with Gasteiger partial charge in [0.1, 0.15) is 5.75 Å². The smallest absolute Gasteiger partial charge is 0.119 e. The van der Waals surface area contributed by atoms with Crippen molar-refractivity contribution < 1.29 is 4.74 Å². The van der Waals surface area contributed by atoms with Crippen LogP contribution in [-0.2, 0) is 6.54 Å². The first-order valence-corrected chi connectivity index (χ1v) is 6.20.